The van der Waals surface area contributed by atoms with Crippen LogP contribution in [0.3, 0.4) is 0 Å². The zero-order valence-corrected chi connectivity index (χ0v) is 18.6. The molecule has 0 aromatic rings. The van der Waals surface area contributed by atoms with E-state index in [9.17, 15) is 28.8 Å². The molecule has 0 saturated heterocycles. The lowest BCUT2D eigenvalue weighted by Gasteiger charge is -2.31. The molecule has 0 radical (unpaired) electrons. The molecule has 176 valence electrons. The molecule has 0 heterocycles. The highest BCUT2D eigenvalue weighted by atomic mass is 16.6. The van der Waals surface area contributed by atoms with Crippen LogP contribution in [-0.2, 0) is 47.7 Å². The Morgan fingerprint density at radius 3 is 1.23 bits per heavy atom. The number of carbonyl (C=O) groups is 6. The Bertz CT molecular complexity index is 650. The van der Waals surface area contributed by atoms with Gasteiger partial charge in [-0.1, -0.05) is 0 Å². The molecule has 0 aliphatic carbocycles. The number of hydrogen-bond acceptors (Lipinski definition) is 10. The molecule has 0 aliphatic heterocycles. The number of hydrogen-bond donors (Lipinski definition) is 2. The molecule has 2 amide bonds. The fourth-order valence-corrected chi connectivity index (χ4v) is 2.49. The standard InChI is InChI=1S/C19H30N2O10/c1-12(22)20-18(5,7-9-28-14(3)24)30-16(26)11-17(27)31-19(6,21-13(2)23)8-10-29-15(4)25/h7-11H2,1-6H3,(H,20,22)(H,21,23). The summed E-state index contributed by atoms with van der Waals surface area (Å²) in [5.41, 5.74) is -3.07. The van der Waals surface area contributed by atoms with Gasteiger partial charge < -0.3 is 29.6 Å². The Labute approximate surface area is 180 Å². The normalized spacial score (nSPS) is 14.1. The maximum Gasteiger partial charge on any atom is 0.319 e. The molecule has 0 aliphatic rings. The third-order valence-corrected chi connectivity index (χ3v) is 3.62. The number of carbonyl (C=O) groups excluding carboxylic acids is 6. The second-order valence-corrected chi connectivity index (χ2v) is 7.13. The maximum absolute atomic E-state index is 12.2. The van der Waals surface area contributed by atoms with Crippen molar-refractivity contribution < 1.29 is 47.7 Å². The summed E-state index contributed by atoms with van der Waals surface area (Å²) in [6.45, 7) is 7.28. The first-order valence-electron chi connectivity index (χ1n) is 9.44. The monoisotopic (exact) mass is 446 g/mol. The average Bonchev–Trinajstić information content (AvgIpc) is 2.50. The predicted molar refractivity (Wildman–Crippen MR) is 104 cm³/mol. The quantitative estimate of drug-likeness (QED) is 0.181. The van der Waals surface area contributed by atoms with Crippen LogP contribution in [0.2, 0.25) is 0 Å². The summed E-state index contributed by atoms with van der Waals surface area (Å²) < 4.78 is 20.0. The Hall–Kier alpha value is -3.18. The van der Waals surface area contributed by atoms with Gasteiger partial charge in [0, 0.05) is 40.5 Å². The fourth-order valence-electron chi connectivity index (χ4n) is 2.49. The van der Waals surface area contributed by atoms with E-state index in [1.165, 1.54) is 41.5 Å². The molecule has 0 saturated carbocycles. The highest BCUT2D eigenvalue weighted by Crippen LogP contribution is 2.17. The molecule has 2 N–H and O–H groups in total. The van der Waals surface area contributed by atoms with Crippen molar-refractivity contribution in [3.05, 3.63) is 0 Å². The first-order chi connectivity index (χ1) is 14.2. The van der Waals surface area contributed by atoms with Gasteiger partial charge in [0.15, 0.2) is 11.4 Å². The van der Waals surface area contributed by atoms with Crippen molar-refractivity contribution in [2.75, 3.05) is 13.2 Å². The van der Waals surface area contributed by atoms with E-state index < -0.39 is 53.6 Å². The van der Waals surface area contributed by atoms with Gasteiger partial charge >= 0.3 is 23.9 Å². The lowest BCUT2D eigenvalue weighted by molar-refractivity contribution is -0.175. The summed E-state index contributed by atoms with van der Waals surface area (Å²) in [4.78, 5) is 69.1. The van der Waals surface area contributed by atoms with Crippen LogP contribution in [0.4, 0.5) is 0 Å². The molecule has 31 heavy (non-hydrogen) atoms. The SMILES string of the molecule is CC(=O)NC(C)(CCOC(C)=O)OC(=O)CC(=O)OC(C)(CCOC(C)=O)NC(C)=O. The van der Waals surface area contributed by atoms with Crippen LogP contribution >= 0.6 is 0 Å². The van der Waals surface area contributed by atoms with E-state index in [4.69, 9.17) is 18.9 Å². The van der Waals surface area contributed by atoms with Crippen LogP contribution in [0.5, 0.6) is 0 Å². The van der Waals surface area contributed by atoms with Crippen LogP contribution in [0.15, 0.2) is 0 Å². The predicted octanol–water partition coefficient (Wildman–Crippen LogP) is 0.0739. The fraction of sp³-hybridized carbons (Fsp3) is 0.684. The van der Waals surface area contributed by atoms with Gasteiger partial charge in [-0.3, -0.25) is 28.8 Å². The molecule has 12 heteroatoms. The summed E-state index contributed by atoms with van der Waals surface area (Å²) in [7, 11) is 0. The Morgan fingerprint density at radius 2 is 0.968 bits per heavy atom. The van der Waals surface area contributed by atoms with Crippen LogP contribution in [0, 0.1) is 0 Å². The topological polar surface area (TPSA) is 163 Å². The number of esters is 4. The highest BCUT2D eigenvalue weighted by Gasteiger charge is 2.34. The van der Waals surface area contributed by atoms with Crippen LogP contribution in [-0.4, -0.2) is 60.4 Å². The van der Waals surface area contributed by atoms with Crippen molar-refractivity contribution in [2.45, 2.75) is 72.3 Å². The van der Waals surface area contributed by atoms with E-state index in [1.807, 2.05) is 0 Å². The van der Waals surface area contributed by atoms with E-state index >= 15 is 0 Å². The molecule has 0 bridgehead atoms. The van der Waals surface area contributed by atoms with Crippen molar-refractivity contribution in [3.63, 3.8) is 0 Å². The second kappa shape index (κ2) is 12.5. The van der Waals surface area contributed by atoms with Crippen LogP contribution in [0.1, 0.15) is 60.8 Å². The third-order valence-electron chi connectivity index (χ3n) is 3.62. The average molecular weight is 446 g/mol. The number of rotatable bonds is 12. The number of amides is 2. The lowest BCUT2D eigenvalue weighted by atomic mass is 10.1. The summed E-state index contributed by atoms with van der Waals surface area (Å²) >= 11 is 0. The molecule has 12 nitrogen and oxygen atoms in total. The Morgan fingerprint density at radius 1 is 0.645 bits per heavy atom. The smallest absolute Gasteiger partial charge is 0.319 e. The van der Waals surface area contributed by atoms with E-state index in [2.05, 4.69) is 10.6 Å². The van der Waals surface area contributed by atoms with Gasteiger partial charge in [-0.25, -0.2) is 0 Å². The van der Waals surface area contributed by atoms with Gasteiger partial charge in [-0.2, -0.15) is 0 Å². The van der Waals surface area contributed by atoms with Crippen molar-refractivity contribution in [3.8, 4) is 0 Å². The molecular formula is C19H30N2O10. The van der Waals surface area contributed by atoms with Crippen molar-refractivity contribution in [1.29, 1.82) is 0 Å². The summed E-state index contributed by atoms with van der Waals surface area (Å²) in [6.07, 6.45) is -0.941. The Kier molecular flexibility index (Phi) is 11.2. The molecule has 0 rings (SSSR count). The molecule has 0 fully saturated rings. The lowest BCUT2D eigenvalue weighted by Crippen LogP contribution is -2.51. The maximum atomic E-state index is 12.2. The molecule has 2 atom stereocenters. The summed E-state index contributed by atoms with van der Waals surface area (Å²) in [6, 6.07) is 0. The zero-order valence-electron chi connectivity index (χ0n) is 18.6. The van der Waals surface area contributed by atoms with E-state index in [-0.39, 0.29) is 26.1 Å². The Balaban J connectivity index is 5.03. The van der Waals surface area contributed by atoms with Crippen molar-refractivity contribution in [2.24, 2.45) is 0 Å². The highest BCUT2D eigenvalue weighted by molar-refractivity contribution is 5.91. The number of nitrogens with one attached hydrogen (secondary N) is 2. The van der Waals surface area contributed by atoms with Gasteiger partial charge in [0.2, 0.25) is 11.8 Å². The van der Waals surface area contributed by atoms with E-state index in [0.29, 0.717) is 0 Å². The minimum absolute atomic E-state index is 0.0566. The minimum Gasteiger partial charge on any atom is -0.466 e. The van der Waals surface area contributed by atoms with Crippen LogP contribution in [0.25, 0.3) is 0 Å². The van der Waals surface area contributed by atoms with Crippen molar-refractivity contribution >= 4 is 35.7 Å². The first-order valence-corrected chi connectivity index (χ1v) is 9.44. The van der Waals surface area contributed by atoms with E-state index in [1.54, 1.807) is 0 Å². The van der Waals surface area contributed by atoms with E-state index in [0.717, 1.165) is 0 Å². The van der Waals surface area contributed by atoms with Crippen LogP contribution < -0.4 is 10.6 Å². The zero-order chi connectivity index (χ0) is 24.2. The molecular weight excluding hydrogens is 416 g/mol. The largest absolute Gasteiger partial charge is 0.466 e. The minimum atomic E-state index is -1.53. The molecule has 0 aromatic heterocycles. The van der Waals surface area contributed by atoms with Gasteiger partial charge in [-0.15, -0.1) is 0 Å². The first kappa shape index (κ1) is 27.8. The second-order valence-electron chi connectivity index (χ2n) is 7.13. The summed E-state index contributed by atoms with van der Waals surface area (Å²) in [5, 5.41) is 4.83. The summed E-state index contributed by atoms with van der Waals surface area (Å²) in [5.74, 6) is -4.16. The van der Waals surface area contributed by atoms with Crippen molar-refractivity contribution in [1.82, 2.24) is 10.6 Å². The van der Waals surface area contributed by atoms with Gasteiger partial charge in [0.05, 0.1) is 13.2 Å². The molecule has 2 unspecified atom stereocenters. The number of ether oxygens (including phenoxy) is 4. The molecule has 0 aromatic carbocycles. The third kappa shape index (κ3) is 13.6. The molecule has 0 spiro atoms. The van der Waals surface area contributed by atoms with Gasteiger partial charge in [-0.05, 0) is 13.8 Å². The van der Waals surface area contributed by atoms with Gasteiger partial charge in [0.1, 0.15) is 6.42 Å². The van der Waals surface area contributed by atoms with Gasteiger partial charge in [0.25, 0.3) is 0 Å².